The number of hydrogen-bond donors (Lipinski definition) is 2. The van der Waals surface area contributed by atoms with Crippen LogP contribution in [0, 0.1) is 5.41 Å². The summed E-state index contributed by atoms with van der Waals surface area (Å²) < 4.78 is 0. The number of hydrogen-bond acceptors (Lipinski definition) is 4. The lowest BCUT2D eigenvalue weighted by Gasteiger charge is -2.30. The van der Waals surface area contributed by atoms with E-state index in [1.54, 1.807) is 27.0 Å². The highest BCUT2D eigenvalue weighted by molar-refractivity contribution is 7.99. The molecule has 0 spiro atoms. The summed E-state index contributed by atoms with van der Waals surface area (Å²) >= 11 is 1.19. The van der Waals surface area contributed by atoms with Crippen molar-refractivity contribution in [3.8, 4) is 0 Å². The molecule has 0 aromatic rings. The van der Waals surface area contributed by atoms with E-state index < -0.39 is 16.6 Å². The molecule has 0 aliphatic heterocycles. The van der Waals surface area contributed by atoms with E-state index in [1.165, 1.54) is 18.7 Å². The van der Waals surface area contributed by atoms with Gasteiger partial charge < -0.3 is 10.4 Å². The molecule has 0 fully saturated rings. The largest absolute Gasteiger partial charge is 0.481 e. The van der Waals surface area contributed by atoms with Gasteiger partial charge in [-0.15, -0.1) is 0 Å². The molecule has 6 heteroatoms. The average molecular weight is 305 g/mol. The molecule has 0 aromatic carbocycles. The Labute approximate surface area is 125 Å². The van der Waals surface area contributed by atoms with E-state index in [0.29, 0.717) is 0 Å². The summed E-state index contributed by atoms with van der Waals surface area (Å²) in [4.78, 5) is 34.0. The molecule has 1 amide bonds. The molecule has 0 aromatic heterocycles. The average Bonchev–Trinajstić information content (AvgIpc) is 2.37. The van der Waals surface area contributed by atoms with Gasteiger partial charge in [-0.1, -0.05) is 27.7 Å². The Balaban J connectivity index is 0. The maximum absolute atomic E-state index is 11.9. The van der Waals surface area contributed by atoms with Crippen LogP contribution in [-0.2, 0) is 14.4 Å². The van der Waals surface area contributed by atoms with Crippen molar-refractivity contribution in [2.24, 2.45) is 5.41 Å². The number of Topliss-reactive ketones (excluding diaryl/α,β-unsaturated/α-hetero) is 1. The van der Waals surface area contributed by atoms with Crippen molar-refractivity contribution in [2.75, 3.05) is 6.26 Å². The van der Waals surface area contributed by atoms with Crippen molar-refractivity contribution in [1.82, 2.24) is 5.32 Å². The smallest absolute Gasteiger partial charge is 0.305 e. The molecule has 5 nitrogen and oxygen atoms in total. The molecule has 20 heavy (non-hydrogen) atoms. The van der Waals surface area contributed by atoms with Gasteiger partial charge in [0.05, 0.1) is 11.7 Å². The molecule has 118 valence electrons. The lowest BCUT2D eigenvalue weighted by atomic mass is 9.81. The minimum Gasteiger partial charge on any atom is -0.481 e. The van der Waals surface area contributed by atoms with E-state index in [4.69, 9.17) is 5.11 Å². The van der Waals surface area contributed by atoms with E-state index in [0.717, 1.165) is 0 Å². The summed E-state index contributed by atoms with van der Waals surface area (Å²) in [6.45, 7) is 10.7. The van der Waals surface area contributed by atoms with Crippen molar-refractivity contribution >= 4 is 29.4 Å². The van der Waals surface area contributed by atoms with E-state index in [2.05, 4.69) is 5.32 Å². The normalized spacial score (nSPS) is 13.6. The van der Waals surface area contributed by atoms with Crippen LogP contribution in [0.4, 0.5) is 0 Å². The molecule has 2 N–H and O–H groups in total. The number of carbonyl (C=O) groups is 3. The lowest BCUT2D eigenvalue weighted by Crippen LogP contribution is -2.49. The molecule has 0 saturated carbocycles. The van der Waals surface area contributed by atoms with Crippen LogP contribution < -0.4 is 5.32 Å². The van der Waals surface area contributed by atoms with Crippen LogP contribution in [0.3, 0.4) is 0 Å². The molecular formula is C14H27NO4S. The standard InChI is InChI=1S/C12H21NO4S.C2H6/c1-7(12(3,4)8(2)14)13-11(17)9(18-5)6-10(15)16;1-2/h7,9H,6H2,1-5H3,(H,13,17)(H,15,16);1-2H3. The van der Waals surface area contributed by atoms with Gasteiger partial charge in [-0.05, 0) is 20.1 Å². The monoisotopic (exact) mass is 305 g/mol. The zero-order chi connectivity index (χ0) is 16.5. The lowest BCUT2D eigenvalue weighted by molar-refractivity contribution is -0.139. The van der Waals surface area contributed by atoms with Crippen molar-refractivity contribution in [1.29, 1.82) is 0 Å². The molecule has 2 unspecified atom stereocenters. The first kappa shape index (κ1) is 21.3. The van der Waals surface area contributed by atoms with Crippen LogP contribution in [0.15, 0.2) is 0 Å². The van der Waals surface area contributed by atoms with Gasteiger partial charge in [0.1, 0.15) is 5.78 Å². The number of nitrogens with one attached hydrogen (secondary N) is 1. The molecule has 0 heterocycles. The molecule has 0 radical (unpaired) electrons. The number of aliphatic carboxylic acids is 1. The Bertz CT molecular complexity index is 342. The fourth-order valence-electron chi connectivity index (χ4n) is 1.23. The van der Waals surface area contributed by atoms with E-state index in [9.17, 15) is 14.4 Å². The summed E-state index contributed by atoms with van der Waals surface area (Å²) in [6.07, 6.45) is 1.47. The molecule has 0 saturated heterocycles. The van der Waals surface area contributed by atoms with Gasteiger partial charge in [0.2, 0.25) is 5.91 Å². The number of amides is 1. The fraction of sp³-hybridized carbons (Fsp3) is 0.786. The van der Waals surface area contributed by atoms with E-state index >= 15 is 0 Å². The quantitative estimate of drug-likeness (QED) is 0.754. The van der Waals surface area contributed by atoms with Gasteiger partial charge in [-0.3, -0.25) is 14.4 Å². The van der Waals surface area contributed by atoms with E-state index in [1.807, 2.05) is 13.8 Å². The molecule has 0 rings (SSSR count). The van der Waals surface area contributed by atoms with Gasteiger partial charge in [-0.25, -0.2) is 0 Å². The van der Waals surface area contributed by atoms with Crippen LogP contribution in [0.2, 0.25) is 0 Å². The zero-order valence-corrected chi connectivity index (χ0v) is 14.3. The highest BCUT2D eigenvalue weighted by atomic mass is 32.2. The third-order valence-corrected chi connectivity index (χ3v) is 4.24. The van der Waals surface area contributed by atoms with Crippen LogP contribution in [-0.4, -0.2) is 40.3 Å². The second-order valence-corrected chi connectivity index (χ2v) is 5.87. The Morgan fingerprint density at radius 2 is 1.70 bits per heavy atom. The van der Waals surface area contributed by atoms with Crippen molar-refractivity contribution in [2.45, 2.75) is 59.3 Å². The topological polar surface area (TPSA) is 83.5 Å². The number of ketones is 1. The van der Waals surface area contributed by atoms with Crippen LogP contribution in [0.1, 0.15) is 48.0 Å². The number of carbonyl (C=O) groups excluding carboxylic acids is 2. The van der Waals surface area contributed by atoms with Gasteiger partial charge in [0.15, 0.2) is 0 Å². The summed E-state index contributed by atoms with van der Waals surface area (Å²) in [7, 11) is 0. The molecule has 0 bridgehead atoms. The highest BCUT2D eigenvalue weighted by Gasteiger charge is 2.33. The maximum Gasteiger partial charge on any atom is 0.305 e. The Morgan fingerprint density at radius 3 is 2.00 bits per heavy atom. The Hall–Kier alpha value is -1.04. The van der Waals surface area contributed by atoms with Crippen LogP contribution in [0.5, 0.6) is 0 Å². The molecular weight excluding hydrogens is 278 g/mol. The summed E-state index contributed by atoms with van der Waals surface area (Å²) in [5.74, 6) is -1.37. The number of carboxylic acids is 1. The predicted molar refractivity (Wildman–Crippen MR) is 83.0 cm³/mol. The van der Waals surface area contributed by atoms with Gasteiger partial charge in [0, 0.05) is 11.5 Å². The first-order valence-electron chi connectivity index (χ1n) is 6.69. The van der Waals surface area contributed by atoms with Gasteiger partial charge in [0.25, 0.3) is 0 Å². The predicted octanol–water partition coefficient (Wildman–Crippen LogP) is 2.34. The van der Waals surface area contributed by atoms with E-state index in [-0.39, 0.29) is 24.2 Å². The van der Waals surface area contributed by atoms with Crippen LogP contribution in [0.25, 0.3) is 0 Å². The Kier molecular flexibility index (Phi) is 10.4. The molecule has 2 atom stereocenters. The third-order valence-electron chi connectivity index (χ3n) is 3.29. The minimum atomic E-state index is -1.01. The zero-order valence-electron chi connectivity index (χ0n) is 13.4. The molecule has 0 aliphatic carbocycles. The van der Waals surface area contributed by atoms with Crippen molar-refractivity contribution < 1.29 is 19.5 Å². The Morgan fingerprint density at radius 1 is 1.25 bits per heavy atom. The second kappa shape index (κ2) is 9.80. The van der Waals surface area contributed by atoms with Crippen molar-refractivity contribution in [3.63, 3.8) is 0 Å². The van der Waals surface area contributed by atoms with Gasteiger partial charge >= 0.3 is 5.97 Å². The molecule has 0 aliphatic rings. The fourth-order valence-corrected chi connectivity index (χ4v) is 1.82. The van der Waals surface area contributed by atoms with Crippen molar-refractivity contribution in [3.05, 3.63) is 0 Å². The first-order valence-corrected chi connectivity index (χ1v) is 7.97. The second-order valence-electron chi connectivity index (χ2n) is 4.83. The maximum atomic E-state index is 11.9. The summed E-state index contributed by atoms with van der Waals surface area (Å²) in [6, 6.07) is -0.342. The first-order chi connectivity index (χ1) is 9.12. The number of thioether (sulfide) groups is 1. The highest BCUT2D eigenvalue weighted by Crippen LogP contribution is 2.22. The third kappa shape index (κ3) is 6.93. The summed E-state index contributed by atoms with van der Waals surface area (Å²) in [5, 5.41) is 10.8. The van der Waals surface area contributed by atoms with Gasteiger partial charge in [-0.2, -0.15) is 11.8 Å². The van der Waals surface area contributed by atoms with Crippen LogP contribution >= 0.6 is 11.8 Å². The number of carboxylic acid groups (broad SMARTS) is 1. The summed E-state index contributed by atoms with van der Waals surface area (Å²) in [5.41, 5.74) is -0.665. The SMILES string of the molecule is CC.CSC(CC(=O)O)C(=O)NC(C)C(C)(C)C(C)=O. The minimum absolute atomic E-state index is 0.0192. The number of rotatable bonds is 7.